The molecule has 1 aliphatic heterocycles. The number of H-pyrrole nitrogens is 1. The van der Waals surface area contributed by atoms with Crippen LogP contribution in [0.3, 0.4) is 0 Å². The van der Waals surface area contributed by atoms with Crippen LogP contribution < -0.4 is 11.3 Å². The van der Waals surface area contributed by atoms with Gasteiger partial charge in [0.25, 0.3) is 11.4 Å². The Bertz CT molecular complexity index is 1990. The Morgan fingerprint density at radius 3 is 2.33 bits per heavy atom. The van der Waals surface area contributed by atoms with Crippen LogP contribution >= 0.6 is 0 Å². The van der Waals surface area contributed by atoms with Gasteiger partial charge in [-0.15, -0.1) is 5.10 Å². The van der Waals surface area contributed by atoms with Crippen molar-refractivity contribution >= 4 is 5.78 Å². The van der Waals surface area contributed by atoms with E-state index >= 15 is 0 Å². The number of aromatic amines is 1. The Labute approximate surface area is 260 Å². The molecule has 0 radical (unpaired) electrons. The zero-order chi connectivity index (χ0) is 32.1. The highest BCUT2D eigenvalue weighted by molar-refractivity contribution is 5.80. The molecule has 7 rings (SSSR count). The van der Waals surface area contributed by atoms with E-state index in [0.717, 1.165) is 16.7 Å². The first-order valence-corrected chi connectivity index (χ1v) is 15.3. The minimum Gasteiger partial charge on any atom is -0.348 e. The largest absolute Gasteiger partial charge is 0.453 e. The van der Waals surface area contributed by atoms with Crippen molar-refractivity contribution in [3.8, 4) is 22.5 Å². The fourth-order valence-corrected chi connectivity index (χ4v) is 6.63. The maximum absolute atomic E-state index is 14.3. The van der Waals surface area contributed by atoms with E-state index in [4.69, 9.17) is 9.47 Å². The Morgan fingerprint density at radius 2 is 1.70 bits per heavy atom. The Hall–Kier alpha value is -4.56. The number of rotatable bonds is 7. The average molecular weight is 637 g/mol. The number of hydrogen-bond donors (Lipinski definition) is 1. The molecule has 11 nitrogen and oxygen atoms in total. The van der Waals surface area contributed by atoms with Crippen LogP contribution in [-0.4, -0.2) is 48.3 Å². The molecule has 46 heavy (non-hydrogen) atoms. The summed E-state index contributed by atoms with van der Waals surface area (Å²) in [6, 6.07) is 14.5. The normalized spacial score (nSPS) is 17.0. The van der Waals surface area contributed by atoms with E-state index < -0.39 is 29.6 Å². The van der Waals surface area contributed by atoms with Gasteiger partial charge in [0.15, 0.2) is 11.6 Å². The fourth-order valence-electron chi connectivity index (χ4n) is 6.63. The second kappa shape index (κ2) is 11.7. The first-order valence-electron chi connectivity index (χ1n) is 15.3. The monoisotopic (exact) mass is 636 g/mol. The summed E-state index contributed by atoms with van der Waals surface area (Å²) in [4.78, 5) is 32.3. The molecule has 14 heteroatoms. The Kier molecular flexibility index (Phi) is 7.64. The van der Waals surface area contributed by atoms with Crippen molar-refractivity contribution in [2.24, 2.45) is 0 Å². The molecule has 2 aliphatic rings. The smallest absolute Gasteiger partial charge is 0.348 e. The molecular formula is C32H31F3N6O5. The third-order valence-electron chi connectivity index (χ3n) is 8.79. The van der Waals surface area contributed by atoms with Crippen LogP contribution in [0.5, 0.6) is 0 Å². The highest BCUT2D eigenvalue weighted by atomic mass is 19.4. The highest BCUT2D eigenvalue weighted by Crippen LogP contribution is 2.41. The van der Waals surface area contributed by atoms with Gasteiger partial charge in [0, 0.05) is 36.4 Å². The summed E-state index contributed by atoms with van der Waals surface area (Å²) < 4.78 is 60.7. The predicted octanol–water partition coefficient (Wildman–Crippen LogP) is 5.32. The van der Waals surface area contributed by atoms with Crippen LogP contribution in [0.4, 0.5) is 13.2 Å². The number of fused-ring (bicyclic) bond motifs is 1. The van der Waals surface area contributed by atoms with Crippen LogP contribution in [0.1, 0.15) is 67.7 Å². The molecule has 1 N–H and O–H groups in total. The van der Waals surface area contributed by atoms with Crippen LogP contribution in [0.25, 0.3) is 28.3 Å². The average Bonchev–Trinajstić information content (AvgIpc) is 3.81. The van der Waals surface area contributed by atoms with Crippen molar-refractivity contribution < 1.29 is 27.2 Å². The molecule has 0 amide bonds. The molecule has 0 atom stereocenters. The van der Waals surface area contributed by atoms with Gasteiger partial charge in [-0.2, -0.15) is 18.2 Å². The van der Waals surface area contributed by atoms with Gasteiger partial charge in [-0.05, 0) is 36.0 Å². The molecule has 1 spiro atoms. The number of alkyl halides is 3. The van der Waals surface area contributed by atoms with E-state index in [9.17, 15) is 22.8 Å². The molecule has 3 aromatic heterocycles. The van der Waals surface area contributed by atoms with E-state index in [2.05, 4.69) is 24.7 Å². The first kappa shape index (κ1) is 30.1. The second-order valence-corrected chi connectivity index (χ2v) is 11.7. The predicted molar refractivity (Wildman–Crippen MR) is 159 cm³/mol. The third-order valence-corrected chi connectivity index (χ3v) is 8.79. The van der Waals surface area contributed by atoms with Gasteiger partial charge in [-0.1, -0.05) is 67.0 Å². The fraction of sp³-hybridized carbons (Fsp3) is 0.406. The van der Waals surface area contributed by atoms with E-state index in [1.807, 2.05) is 55.5 Å². The van der Waals surface area contributed by atoms with Gasteiger partial charge in [-0.25, -0.2) is 9.31 Å². The minimum atomic E-state index is -4.77. The van der Waals surface area contributed by atoms with Crippen molar-refractivity contribution in [3.63, 3.8) is 0 Å². The summed E-state index contributed by atoms with van der Waals surface area (Å²) >= 11 is 0. The maximum atomic E-state index is 14.3. The number of nitrogens with one attached hydrogen (secondary N) is 1. The lowest BCUT2D eigenvalue weighted by atomic mass is 9.89. The Balaban J connectivity index is 1.29. The number of hydrogen-bond acceptors (Lipinski definition) is 8. The third kappa shape index (κ3) is 5.45. The molecule has 0 unspecified atom stereocenters. The lowest BCUT2D eigenvalue weighted by Gasteiger charge is -2.36. The highest BCUT2D eigenvalue weighted by Gasteiger charge is 2.42. The van der Waals surface area contributed by atoms with Gasteiger partial charge in [0.1, 0.15) is 0 Å². The molecule has 1 saturated carbocycles. The summed E-state index contributed by atoms with van der Waals surface area (Å²) in [7, 11) is 0. The Morgan fingerprint density at radius 1 is 1.00 bits per heavy atom. The molecule has 2 fully saturated rings. The van der Waals surface area contributed by atoms with Gasteiger partial charge in [0.05, 0.1) is 18.9 Å². The van der Waals surface area contributed by atoms with Crippen LogP contribution in [0.15, 0.2) is 62.6 Å². The van der Waals surface area contributed by atoms with Gasteiger partial charge < -0.3 is 9.47 Å². The topological polar surface area (TPSA) is 130 Å². The van der Waals surface area contributed by atoms with E-state index in [1.54, 1.807) is 0 Å². The summed E-state index contributed by atoms with van der Waals surface area (Å²) in [5.74, 6) is -2.44. The summed E-state index contributed by atoms with van der Waals surface area (Å²) in [6.07, 6.45) is -1.63. The van der Waals surface area contributed by atoms with E-state index in [-0.39, 0.29) is 17.8 Å². The first-order chi connectivity index (χ1) is 22.2. The number of benzene rings is 2. The van der Waals surface area contributed by atoms with Crippen LogP contribution in [-0.2, 0) is 28.5 Å². The lowest BCUT2D eigenvalue weighted by molar-refractivity contribution is -0.181. The molecule has 1 aliphatic carbocycles. The van der Waals surface area contributed by atoms with Gasteiger partial charge >= 0.3 is 11.9 Å². The summed E-state index contributed by atoms with van der Waals surface area (Å²) in [5.41, 5.74) is 3.55. The van der Waals surface area contributed by atoms with Crippen molar-refractivity contribution in [2.75, 3.05) is 13.2 Å². The van der Waals surface area contributed by atoms with Crippen molar-refractivity contribution in [1.82, 2.24) is 29.3 Å². The van der Waals surface area contributed by atoms with Crippen molar-refractivity contribution in [1.29, 1.82) is 0 Å². The van der Waals surface area contributed by atoms with Crippen molar-refractivity contribution in [2.45, 2.75) is 69.9 Å². The van der Waals surface area contributed by atoms with E-state index in [0.29, 0.717) is 74.4 Å². The SMILES string of the molecule is CCCc1c(Cc2ccc(-c3ccccc3-c3noc(=O)[nH]3)cc2)c(=O)n(C2CCC3(CC2)OCCO3)c2nc(C(F)(F)F)nn12. The van der Waals surface area contributed by atoms with Gasteiger partial charge in [-0.3, -0.25) is 18.9 Å². The van der Waals surface area contributed by atoms with Crippen LogP contribution in [0, 0.1) is 0 Å². The van der Waals surface area contributed by atoms with Crippen LogP contribution in [0.2, 0.25) is 0 Å². The molecule has 2 aromatic carbocycles. The molecule has 0 bridgehead atoms. The standard InChI is InChI=1S/C32H31F3N6O5/c1-2-5-25-24(18-19-8-10-20(11-9-19)22-6-3-4-7-23(22)26-36-30(43)46-39-26)27(42)40(29-37-28(32(33,34)35)38-41(25)29)21-12-14-31(15-13-21)44-16-17-45-31/h3-4,6-11,21H,2,5,12-18H2,1H3,(H,36,39,43). The minimum absolute atomic E-state index is 0.100. The quantitative estimate of drug-likeness (QED) is 0.254. The number of aryl methyl sites for hydroxylation is 1. The van der Waals surface area contributed by atoms with Crippen molar-refractivity contribution in [3.05, 3.63) is 92.1 Å². The maximum Gasteiger partial charge on any atom is 0.453 e. The molecular weight excluding hydrogens is 605 g/mol. The number of nitrogens with zero attached hydrogens (tertiary/aromatic N) is 5. The zero-order valence-corrected chi connectivity index (χ0v) is 25.0. The lowest BCUT2D eigenvalue weighted by Crippen LogP contribution is -2.39. The van der Waals surface area contributed by atoms with Gasteiger partial charge in [0.2, 0.25) is 5.78 Å². The second-order valence-electron chi connectivity index (χ2n) is 11.7. The zero-order valence-electron chi connectivity index (χ0n) is 25.0. The molecule has 4 heterocycles. The summed E-state index contributed by atoms with van der Waals surface area (Å²) in [5, 5.41) is 7.71. The summed E-state index contributed by atoms with van der Waals surface area (Å²) in [6.45, 7) is 2.89. The number of aromatic nitrogens is 6. The molecule has 240 valence electrons. The van der Waals surface area contributed by atoms with E-state index in [1.165, 1.54) is 9.08 Å². The number of halogens is 3. The number of ether oxygens (including phenoxy) is 2. The molecule has 5 aromatic rings. The molecule has 1 saturated heterocycles.